The first kappa shape index (κ1) is 12.9. The van der Waals surface area contributed by atoms with Crippen molar-refractivity contribution < 1.29 is 14.6 Å². The molecule has 1 atom stereocenters. The van der Waals surface area contributed by atoms with E-state index in [-0.39, 0.29) is 17.9 Å². The summed E-state index contributed by atoms with van der Waals surface area (Å²) in [5.41, 5.74) is -0.0673. The van der Waals surface area contributed by atoms with E-state index in [1.165, 1.54) is 0 Å². The Hall–Kier alpha value is -1.55. The highest BCUT2D eigenvalue weighted by atomic mass is 16.5. The average molecular weight is 249 g/mol. The third-order valence-electron chi connectivity index (χ3n) is 3.36. The zero-order valence-corrected chi connectivity index (χ0v) is 10.6. The summed E-state index contributed by atoms with van der Waals surface area (Å²) >= 11 is 0. The molecule has 0 unspecified atom stereocenters. The van der Waals surface area contributed by atoms with Crippen LogP contribution in [-0.4, -0.2) is 30.3 Å². The fraction of sp³-hybridized carbons (Fsp3) is 0.500. The van der Waals surface area contributed by atoms with Crippen molar-refractivity contribution >= 4 is 5.91 Å². The molecule has 1 aliphatic carbocycles. The highest BCUT2D eigenvalue weighted by Gasteiger charge is 2.42. The number of hydrogen-bond donors (Lipinski definition) is 2. The monoisotopic (exact) mass is 249 g/mol. The molecule has 0 heterocycles. The summed E-state index contributed by atoms with van der Waals surface area (Å²) < 4.78 is 5.52. The number of benzene rings is 1. The lowest BCUT2D eigenvalue weighted by atomic mass is 10.1. The second-order valence-corrected chi connectivity index (χ2v) is 4.95. The summed E-state index contributed by atoms with van der Waals surface area (Å²) in [6, 6.07) is 9.27. The van der Waals surface area contributed by atoms with Gasteiger partial charge >= 0.3 is 0 Å². The molecular formula is C14H19NO3. The molecular weight excluding hydrogens is 230 g/mol. The van der Waals surface area contributed by atoms with E-state index >= 15 is 0 Å². The summed E-state index contributed by atoms with van der Waals surface area (Å²) in [6.07, 6.45) is 1.44. The van der Waals surface area contributed by atoms with E-state index in [9.17, 15) is 4.79 Å². The fourth-order valence-corrected chi connectivity index (χ4v) is 1.74. The van der Waals surface area contributed by atoms with Crippen LogP contribution in [0, 0.1) is 5.41 Å². The van der Waals surface area contributed by atoms with Crippen LogP contribution in [0.15, 0.2) is 30.3 Å². The van der Waals surface area contributed by atoms with Gasteiger partial charge in [0, 0.05) is 12.0 Å². The van der Waals surface area contributed by atoms with Crippen molar-refractivity contribution in [3.63, 3.8) is 0 Å². The van der Waals surface area contributed by atoms with Crippen molar-refractivity contribution in [2.24, 2.45) is 5.41 Å². The van der Waals surface area contributed by atoms with Gasteiger partial charge in [0.15, 0.2) is 6.10 Å². The molecule has 0 spiro atoms. The van der Waals surface area contributed by atoms with E-state index in [1.54, 1.807) is 6.92 Å². The Kier molecular flexibility index (Phi) is 3.87. The molecule has 1 aromatic carbocycles. The quantitative estimate of drug-likeness (QED) is 0.800. The molecule has 0 bridgehead atoms. The van der Waals surface area contributed by atoms with Crippen LogP contribution in [-0.2, 0) is 4.79 Å². The molecule has 18 heavy (non-hydrogen) atoms. The maximum absolute atomic E-state index is 11.8. The number of amides is 1. The summed E-state index contributed by atoms with van der Waals surface area (Å²) in [5, 5.41) is 12.0. The number of hydrogen-bond acceptors (Lipinski definition) is 3. The van der Waals surface area contributed by atoms with Gasteiger partial charge in [-0.2, -0.15) is 0 Å². The van der Waals surface area contributed by atoms with Crippen LogP contribution in [0.25, 0.3) is 0 Å². The van der Waals surface area contributed by atoms with Gasteiger partial charge in [-0.15, -0.1) is 0 Å². The zero-order valence-electron chi connectivity index (χ0n) is 10.6. The van der Waals surface area contributed by atoms with Crippen LogP contribution in [0.1, 0.15) is 19.8 Å². The SMILES string of the molecule is C[C@H](Oc1ccccc1)C(=O)NCC1(CO)CC1. The fourth-order valence-electron chi connectivity index (χ4n) is 1.74. The van der Waals surface area contributed by atoms with Gasteiger partial charge in [0.05, 0.1) is 6.61 Å². The standard InChI is InChI=1S/C14H19NO3/c1-11(18-12-5-3-2-4-6-12)13(17)15-9-14(10-16)7-8-14/h2-6,11,16H,7-10H2,1H3,(H,15,17)/t11-/m0/s1. The molecule has 1 saturated carbocycles. The van der Waals surface area contributed by atoms with E-state index in [0.717, 1.165) is 12.8 Å². The second-order valence-electron chi connectivity index (χ2n) is 4.95. The van der Waals surface area contributed by atoms with Crippen molar-refractivity contribution in [1.29, 1.82) is 0 Å². The Balaban J connectivity index is 1.78. The average Bonchev–Trinajstić information content (AvgIpc) is 3.18. The van der Waals surface area contributed by atoms with E-state index < -0.39 is 6.10 Å². The molecule has 0 aliphatic heterocycles. The lowest BCUT2D eigenvalue weighted by Gasteiger charge is -2.17. The first-order valence-corrected chi connectivity index (χ1v) is 6.25. The molecule has 1 fully saturated rings. The first-order chi connectivity index (χ1) is 8.65. The maximum atomic E-state index is 11.8. The third-order valence-corrected chi connectivity index (χ3v) is 3.36. The molecule has 0 saturated heterocycles. The van der Waals surface area contributed by atoms with Gasteiger partial charge in [-0.05, 0) is 31.9 Å². The Morgan fingerprint density at radius 3 is 2.67 bits per heavy atom. The number of nitrogens with one attached hydrogen (secondary N) is 1. The smallest absolute Gasteiger partial charge is 0.260 e. The summed E-state index contributed by atoms with van der Waals surface area (Å²) in [4.78, 5) is 11.8. The summed E-state index contributed by atoms with van der Waals surface area (Å²) in [5.74, 6) is 0.544. The van der Waals surface area contributed by atoms with Crippen molar-refractivity contribution in [2.45, 2.75) is 25.9 Å². The van der Waals surface area contributed by atoms with Crippen LogP contribution >= 0.6 is 0 Å². The third kappa shape index (κ3) is 3.23. The molecule has 98 valence electrons. The number of rotatable bonds is 6. The largest absolute Gasteiger partial charge is 0.481 e. The molecule has 4 nitrogen and oxygen atoms in total. The molecule has 2 rings (SSSR count). The van der Waals surface area contributed by atoms with Crippen molar-refractivity contribution in [1.82, 2.24) is 5.32 Å². The number of ether oxygens (including phenoxy) is 1. The van der Waals surface area contributed by atoms with Gasteiger partial charge in [-0.3, -0.25) is 4.79 Å². The maximum Gasteiger partial charge on any atom is 0.260 e. The Morgan fingerprint density at radius 2 is 2.11 bits per heavy atom. The van der Waals surface area contributed by atoms with Gasteiger partial charge in [0.25, 0.3) is 5.91 Å². The van der Waals surface area contributed by atoms with Gasteiger partial charge in [0.1, 0.15) is 5.75 Å². The lowest BCUT2D eigenvalue weighted by Crippen LogP contribution is -2.40. The summed E-state index contributed by atoms with van der Waals surface area (Å²) in [7, 11) is 0. The number of carbonyl (C=O) groups is 1. The van der Waals surface area contributed by atoms with Crippen LogP contribution in [0.3, 0.4) is 0 Å². The number of para-hydroxylation sites is 1. The predicted octanol–water partition coefficient (Wildman–Crippen LogP) is 1.34. The highest BCUT2D eigenvalue weighted by molar-refractivity contribution is 5.80. The molecule has 1 aromatic rings. The lowest BCUT2D eigenvalue weighted by molar-refractivity contribution is -0.127. The van der Waals surface area contributed by atoms with E-state index in [0.29, 0.717) is 12.3 Å². The van der Waals surface area contributed by atoms with Crippen molar-refractivity contribution in [2.75, 3.05) is 13.2 Å². The zero-order chi connectivity index (χ0) is 13.0. The van der Waals surface area contributed by atoms with Crippen LogP contribution in [0.2, 0.25) is 0 Å². The van der Waals surface area contributed by atoms with Crippen LogP contribution < -0.4 is 10.1 Å². The van der Waals surface area contributed by atoms with Gasteiger partial charge in [0.2, 0.25) is 0 Å². The minimum Gasteiger partial charge on any atom is -0.481 e. The van der Waals surface area contributed by atoms with Crippen LogP contribution in [0.4, 0.5) is 0 Å². The second kappa shape index (κ2) is 5.40. The van der Waals surface area contributed by atoms with Crippen molar-refractivity contribution in [3.8, 4) is 5.75 Å². The molecule has 4 heteroatoms. The molecule has 1 amide bonds. The van der Waals surface area contributed by atoms with Gasteiger partial charge in [-0.1, -0.05) is 18.2 Å². The predicted molar refractivity (Wildman–Crippen MR) is 68.3 cm³/mol. The minimum absolute atomic E-state index is 0.0673. The van der Waals surface area contributed by atoms with E-state index in [1.807, 2.05) is 30.3 Å². The van der Waals surface area contributed by atoms with E-state index in [2.05, 4.69) is 5.32 Å². The molecule has 0 radical (unpaired) electrons. The van der Waals surface area contributed by atoms with E-state index in [4.69, 9.17) is 9.84 Å². The number of aliphatic hydroxyl groups excluding tert-OH is 1. The van der Waals surface area contributed by atoms with Gasteiger partial charge in [-0.25, -0.2) is 0 Å². The van der Waals surface area contributed by atoms with Crippen LogP contribution in [0.5, 0.6) is 5.75 Å². The number of aliphatic hydroxyl groups is 1. The highest BCUT2D eigenvalue weighted by Crippen LogP contribution is 2.44. The first-order valence-electron chi connectivity index (χ1n) is 6.25. The van der Waals surface area contributed by atoms with Crippen molar-refractivity contribution in [3.05, 3.63) is 30.3 Å². The molecule has 1 aliphatic rings. The topological polar surface area (TPSA) is 58.6 Å². The Morgan fingerprint density at radius 1 is 1.44 bits per heavy atom. The van der Waals surface area contributed by atoms with Gasteiger partial charge < -0.3 is 15.2 Å². The molecule has 2 N–H and O–H groups in total. The Bertz CT molecular complexity index is 401. The number of carbonyl (C=O) groups excluding carboxylic acids is 1. The molecule has 0 aromatic heterocycles. The summed E-state index contributed by atoms with van der Waals surface area (Å²) in [6.45, 7) is 2.40. The minimum atomic E-state index is -0.526. The normalized spacial score (nSPS) is 17.9. The Labute approximate surface area is 107 Å².